The van der Waals surface area contributed by atoms with Gasteiger partial charge in [-0.05, 0) is 93.4 Å². The van der Waals surface area contributed by atoms with Crippen LogP contribution in [0.3, 0.4) is 0 Å². The van der Waals surface area contributed by atoms with Crippen molar-refractivity contribution in [1.82, 2.24) is 9.97 Å². The van der Waals surface area contributed by atoms with Crippen LogP contribution in [0.5, 0.6) is 0 Å². The quantitative estimate of drug-likeness (QED) is 0.169. The molecule has 10 aromatic rings. The molecule has 0 bridgehead atoms. The van der Waals surface area contributed by atoms with E-state index in [9.17, 15) is 0 Å². The summed E-state index contributed by atoms with van der Waals surface area (Å²) >= 11 is 1.86. The Kier molecular flexibility index (Phi) is 7.84. The maximum Gasteiger partial charge on any atom is 0.160 e. The highest BCUT2D eigenvalue weighted by Gasteiger charge is 2.41. The highest BCUT2D eigenvalue weighted by molar-refractivity contribution is 7.25. The topological polar surface area (TPSA) is 25.8 Å². The summed E-state index contributed by atoms with van der Waals surface area (Å²) in [6.07, 6.45) is 0. The van der Waals surface area contributed by atoms with Crippen LogP contribution in [0.1, 0.15) is 23.6 Å². The van der Waals surface area contributed by atoms with Gasteiger partial charge < -0.3 is 0 Å². The molecule has 0 aliphatic heterocycles. The number of hydrogen-bond acceptors (Lipinski definition) is 3. The van der Waals surface area contributed by atoms with Gasteiger partial charge >= 0.3 is 0 Å². The fourth-order valence-electron chi connectivity index (χ4n) is 8.93. The minimum atomic E-state index is -0.298. The van der Waals surface area contributed by atoms with Gasteiger partial charge in [-0.3, -0.25) is 0 Å². The molecule has 0 fully saturated rings. The second-order valence-electron chi connectivity index (χ2n) is 15.1. The lowest BCUT2D eigenvalue weighted by Crippen LogP contribution is -2.22. The molecule has 8 aromatic carbocycles. The van der Waals surface area contributed by atoms with Gasteiger partial charge in [0.2, 0.25) is 0 Å². The summed E-state index contributed by atoms with van der Waals surface area (Å²) in [7, 11) is 0. The summed E-state index contributed by atoms with van der Waals surface area (Å²) in [5.74, 6) is 0.710. The first kappa shape index (κ1) is 33.4. The number of benzene rings is 8. The normalized spacial score (nSPS) is 14.5. The molecule has 3 heteroatoms. The van der Waals surface area contributed by atoms with E-state index in [1.807, 2.05) is 17.4 Å². The van der Waals surface area contributed by atoms with E-state index >= 15 is 0 Å². The molecule has 0 amide bonds. The lowest BCUT2D eigenvalue weighted by atomic mass is 9.74. The van der Waals surface area contributed by atoms with Gasteiger partial charge in [0.25, 0.3) is 0 Å². The third-order valence-corrected chi connectivity index (χ3v) is 12.9. The minimum Gasteiger partial charge on any atom is -0.228 e. The van der Waals surface area contributed by atoms with Gasteiger partial charge in [0.1, 0.15) is 0 Å². The van der Waals surface area contributed by atoms with Crippen molar-refractivity contribution < 1.29 is 0 Å². The summed E-state index contributed by atoms with van der Waals surface area (Å²) in [5, 5.41) is 2.63. The largest absolute Gasteiger partial charge is 0.228 e. The zero-order valence-corrected chi connectivity index (χ0v) is 32.2. The van der Waals surface area contributed by atoms with E-state index in [0.717, 1.165) is 33.6 Å². The lowest BCUT2D eigenvalue weighted by molar-refractivity contribution is 0.714. The van der Waals surface area contributed by atoms with E-state index in [2.05, 4.69) is 201 Å². The summed E-state index contributed by atoms with van der Waals surface area (Å²) < 4.78 is 2.64. The number of aromatic nitrogens is 2. The Morgan fingerprint density at radius 1 is 0.386 bits per heavy atom. The molecule has 11 rings (SSSR count). The first-order valence-electron chi connectivity index (χ1n) is 19.5. The summed E-state index contributed by atoms with van der Waals surface area (Å²) in [6, 6.07) is 72.2. The average molecular weight is 745 g/mol. The maximum absolute atomic E-state index is 5.32. The first-order chi connectivity index (χ1) is 28.1. The highest BCUT2D eigenvalue weighted by atomic mass is 32.1. The van der Waals surface area contributed by atoms with Crippen LogP contribution in [0, 0.1) is 0 Å². The molecule has 1 unspecified atom stereocenters. The van der Waals surface area contributed by atoms with Gasteiger partial charge in [-0.15, -0.1) is 11.3 Å². The van der Waals surface area contributed by atoms with E-state index in [0.29, 0.717) is 5.82 Å². The van der Waals surface area contributed by atoms with Crippen LogP contribution in [0.4, 0.5) is 0 Å². The first-order valence-corrected chi connectivity index (χ1v) is 20.3. The Bertz CT molecular complexity index is 3140. The third kappa shape index (κ3) is 5.54. The maximum atomic E-state index is 5.32. The third-order valence-electron chi connectivity index (χ3n) is 11.8. The van der Waals surface area contributed by atoms with Crippen LogP contribution >= 0.6 is 11.3 Å². The fourth-order valence-corrected chi connectivity index (χ4v) is 10.0. The van der Waals surface area contributed by atoms with E-state index in [1.54, 1.807) is 0 Å². The standard InChI is InChI=1S/C54H36N2S/c1-54(41-21-6-3-7-22-41)46-26-10-8-24-43(46)52-44(25-14-27-47(52)54)49-34-48(55-53(56-49)35-15-4-2-5-16-35)40-20-13-19-38(32-40)36-17-12-18-37(31-36)39-29-30-51-45(33-39)42-23-9-11-28-50(42)57-51/h2-34H,1H3. The molecule has 0 spiro atoms. The Balaban J connectivity index is 1.04. The number of fused-ring (bicyclic) bond motifs is 6. The van der Waals surface area contributed by atoms with E-state index in [4.69, 9.17) is 9.97 Å². The van der Waals surface area contributed by atoms with Gasteiger partial charge in [-0.1, -0.05) is 164 Å². The van der Waals surface area contributed by atoms with Gasteiger partial charge in [-0.2, -0.15) is 0 Å². The van der Waals surface area contributed by atoms with Crippen molar-refractivity contribution in [2.24, 2.45) is 0 Å². The van der Waals surface area contributed by atoms with Crippen LogP contribution in [0.25, 0.3) is 87.5 Å². The van der Waals surface area contributed by atoms with Crippen molar-refractivity contribution in [3.05, 3.63) is 217 Å². The minimum absolute atomic E-state index is 0.298. The Hall–Kier alpha value is -6.94. The molecule has 1 aliphatic rings. The van der Waals surface area contributed by atoms with Gasteiger partial charge in [0.05, 0.1) is 11.4 Å². The van der Waals surface area contributed by atoms with Crippen LogP contribution < -0.4 is 0 Å². The van der Waals surface area contributed by atoms with Crippen molar-refractivity contribution in [3.63, 3.8) is 0 Å². The SMILES string of the molecule is CC1(c2ccccc2)c2ccccc2-c2c(-c3cc(-c4cccc(-c5cccc(-c6ccc7sc8ccccc8c7c6)c5)c4)nc(-c4ccccc4)n3)cccc21. The molecule has 268 valence electrons. The molecule has 2 heterocycles. The summed E-state index contributed by atoms with van der Waals surface area (Å²) in [6.45, 7) is 2.36. The Morgan fingerprint density at radius 2 is 0.947 bits per heavy atom. The Labute approximate surface area is 336 Å². The van der Waals surface area contributed by atoms with Gasteiger partial charge in [-0.25, -0.2) is 9.97 Å². The molecule has 0 saturated heterocycles. The zero-order valence-electron chi connectivity index (χ0n) is 31.4. The fraction of sp³-hybridized carbons (Fsp3) is 0.0370. The molecule has 0 N–H and O–H groups in total. The van der Waals surface area contributed by atoms with Gasteiger partial charge in [0.15, 0.2) is 5.82 Å². The number of hydrogen-bond donors (Lipinski definition) is 0. The van der Waals surface area contributed by atoms with Crippen molar-refractivity contribution in [2.45, 2.75) is 12.3 Å². The van der Waals surface area contributed by atoms with E-state index in [-0.39, 0.29) is 5.41 Å². The number of rotatable bonds is 6. The smallest absolute Gasteiger partial charge is 0.160 e. The van der Waals surface area contributed by atoms with Crippen LogP contribution in [-0.2, 0) is 5.41 Å². The molecule has 57 heavy (non-hydrogen) atoms. The van der Waals surface area contributed by atoms with Crippen LogP contribution in [0.2, 0.25) is 0 Å². The number of nitrogens with zero attached hydrogens (tertiary/aromatic N) is 2. The molecule has 1 atom stereocenters. The monoisotopic (exact) mass is 744 g/mol. The predicted octanol–water partition coefficient (Wildman–Crippen LogP) is 14.5. The van der Waals surface area contributed by atoms with Crippen LogP contribution in [-0.4, -0.2) is 9.97 Å². The zero-order chi connectivity index (χ0) is 37.9. The van der Waals surface area contributed by atoms with Crippen molar-refractivity contribution in [3.8, 4) is 67.3 Å². The van der Waals surface area contributed by atoms with Crippen molar-refractivity contribution in [1.29, 1.82) is 0 Å². The lowest BCUT2D eigenvalue weighted by Gasteiger charge is -2.28. The van der Waals surface area contributed by atoms with Crippen molar-refractivity contribution >= 4 is 31.5 Å². The van der Waals surface area contributed by atoms with E-state index in [1.165, 1.54) is 64.7 Å². The molecular weight excluding hydrogens is 709 g/mol. The molecular formula is C54H36N2S. The molecule has 0 saturated carbocycles. The Morgan fingerprint density at radius 3 is 1.75 bits per heavy atom. The van der Waals surface area contributed by atoms with Crippen molar-refractivity contribution in [2.75, 3.05) is 0 Å². The summed E-state index contributed by atoms with van der Waals surface area (Å²) in [5.41, 5.74) is 15.8. The predicted molar refractivity (Wildman–Crippen MR) is 240 cm³/mol. The van der Waals surface area contributed by atoms with E-state index < -0.39 is 0 Å². The van der Waals surface area contributed by atoms with Crippen LogP contribution in [0.15, 0.2) is 200 Å². The second-order valence-corrected chi connectivity index (χ2v) is 16.1. The summed E-state index contributed by atoms with van der Waals surface area (Å²) in [4.78, 5) is 10.6. The number of thiophene rings is 1. The molecule has 0 radical (unpaired) electrons. The molecule has 1 aliphatic carbocycles. The molecule has 2 aromatic heterocycles. The average Bonchev–Trinajstić information content (AvgIpc) is 3.80. The van der Waals surface area contributed by atoms with Gasteiger partial charge in [0, 0.05) is 42.3 Å². The highest BCUT2D eigenvalue weighted by Crippen LogP contribution is 2.55. The second kappa shape index (κ2) is 13.4. The molecule has 2 nitrogen and oxygen atoms in total.